The van der Waals surface area contributed by atoms with E-state index in [9.17, 15) is 9.18 Å². The van der Waals surface area contributed by atoms with Crippen molar-refractivity contribution in [3.05, 3.63) is 58.4 Å². The van der Waals surface area contributed by atoms with Crippen LogP contribution < -0.4 is 10.5 Å². The first-order valence-electron chi connectivity index (χ1n) is 6.06. The molecule has 6 heteroatoms. The van der Waals surface area contributed by atoms with E-state index in [-0.39, 0.29) is 23.5 Å². The summed E-state index contributed by atoms with van der Waals surface area (Å²) in [5.74, 6) is -1.10. The summed E-state index contributed by atoms with van der Waals surface area (Å²) in [6.45, 7) is -0.214. The summed E-state index contributed by atoms with van der Waals surface area (Å²) < 4.78 is 23.8. The number of nitrogen functional groups attached to an aromatic ring is 1. The Labute approximate surface area is 126 Å². The Hall–Kier alpha value is -2.27. The molecule has 0 bridgehead atoms. The molecule has 0 amide bonds. The van der Waals surface area contributed by atoms with Gasteiger partial charge < -0.3 is 15.2 Å². The summed E-state index contributed by atoms with van der Waals surface area (Å²) in [6, 6.07) is 9.00. The Morgan fingerprint density at radius 3 is 2.76 bits per heavy atom. The van der Waals surface area contributed by atoms with E-state index in [1.54, 1.807) is 6.07 Å². The van der Waals surface area contributed by atoms with Crippen LogP contribution in [0.15, 0.2) is 36.4 Å². The number of carbonyl (C=O) groups is 1. The molecule has 0 atom stereocenters. The van der Waals surface area contributed by atoms with Crippen molar-refractivity contribution >= 4 is 23.3 Å². The Morgan fingerprint density at radius 2 is 2.10 bits per heavy atom. The summed E-state index contributed by atoms with van der Waals surface area (Å²) in [5, 5.41) is 0.328. The lowest BCUT2D eigenvalue weighted by molar-refractivity contribution is 0.0468. The van der Waals surface area contributed by atoms with Crippen LogP contribution in [0.4, 0.5) is 10.1 Å². The number of carbonyl (C=O) groups excluding carboxylic acids is 1. The van der Waals surface area contributed by atoms with Crippen molar-refractivity contribution in [3.63, 3.8) is 0 Å². The first-order chi connectivity index (χ1) is 10.0. The van der Waals surface area contributed by atoms with Crippen LogP contribution in [0, 0.1) is 5.82 Å². The molecule has 0 saturated heterocycles. The van der Waals surface area contributed by atoms with Crippen LogP contribution in [0.25, 0.3) is 0 Å². The maximum absolute atomic E-state index is 13.9. The quantitative estimate of drug-likeness (QED) is 0.694. The van der Waals surface area contributed by atoms with Gasteiger partial charge in [0.25, 0.3) is 0 Å². The standard InChI is InChI=1S/C15H13ClFNO3/c1-20-13-4-2-3-9(14(13)17)8-21-15(19)10-5-11(16)7-12(18)6-10/h2-7H,8,18H2,1H3. The predicted molar refractivity (Wildman–Crippen MR) is 77.9 cm³/mol. The zero-order chi connectivity index (χ0) is 15.4. The molecule has 0 aromatic heterocycles. The second kappa shape index (κ2) is 6.45. The molecular formula is C15H13ClFNO3. The van der Waals surface area contributed by atoms with E-state index in [0.29, 0.717) is 10.7 Å². The fourth-order valence-electron chi connectivity index (χ4n) is 1.78. The molecule has 0 aliphatic heterocycles. The molecule has 0 heterocycles. The average molecular weight is 310 g/mol. The van der Waals surface area contributed by atoms with Crippen LogP contribution in [0.2, 0.25) is 5.02 Å². The zero-order valence-corrected chi connectivity index (χ0v) is 12.0. The van der Waals surface area contributed by atoms with Crippen molar-refractivity contribution in [2.75, 3.05) is 12.8 Å². The van der Waals surface area contributed by atoms with Crippen molar-refractivity contribution in [3.8, 4) is 5.75 Å². The van der Waals surface area contributed by atoms with Crippen LogP contribution in [-0.2, 0) is 11.3 Å². The molecule has 2 N–H and O–H groups in total. The topological polar surface area (TPSA) is 61.5 Å². The lowest BCUT2D eigenvalue weighted by Crippen LogP contribution is -2.07. The number of esters is 1. The molecule has 4 nitrogen and oxygen atoms in total. The van der Waals surface area contributed by atoms with E-state index >= 15 is 0 Å². The van der Waals surface area contributed by atoms with Crippen LogP contribution >= 0.6 is 11.6 Å². The Balaban J connectivity index is 2.11. The molecule has 2 aromatic rings. The van der Waals surface area contributed by atoms with Crippen LogP contribution in [0.5, 0.6) is 5.75 Å². The molecule has 0 fully saturated rings. The van der Waals surface area contributed by atoms with Gasteiger partial charge in [-0.3, -0.25) is 0 Å². The molecule has 0 aliphatic rings. The highest BCUT2D eigenvalue weighted by molar-refractivity contribution is 6.31. The normalized spacial score (nSPS) is 10.2. The third-order valence-corrected chi connectivity index (χ3v) is 3.00. The monoisotopic (exact) mass is 309 g/mol. The highest BCUT2D eigenvalue weighted by atomic mass is 35.5. The van der Waals surface area contributed by atoms with Gasteiger partial charge in [-0.15, -0.1) is 0 Å². The first kappa shape index (κ1) is 15.1. The second-order valence-corrected chi connectivity index (χ2v) is 4.72. The van der Waals surface area contributed by atoms with Crippen molar-refractivity contribution in [1.82, 2.24) is 0 Å². The largest absolute Gasteiger partial charge is 0.494 e. The van der Waals surface area contributed by atoms with E-state index in [0.717, 1.165) is 0 Å². The average Bonchev–Trinajstić information content (AvgIpc) is 2.45. The summed E-state index contributed by atoms with van der Waals surface area (Å²) in [4.78, 5) is 11.9. The van der Waals surface area contributed by atoms with Gasteiger partial charge in [0.05, 0.1) is 12.7 Å². The number of methoxy groups -OCH3 is 1. The Bertz CT molecular complexity index is 656. The lowest BCUT2D eigenvalue weighted by atomic mass is 10.2. The summed E-state index contributed by atoms with van der Waals surface area (Å²) >= 11 is 5.81. The number of nitrogens with two attached hydrogens (primary N) is 1. The van der Waals surface area contributed by atoms with Gasteiger partial charge in [0.2, 0.25) is 0 Å². The van der Waals surface area contributed by atoms with Gasteiger partial charge in [-0.1, -0.05) is 23.7 Å². The minimum absolute atomic E-state index is 0.0931. The maximum Gasteiger partial charge on any atom is 0.338 e. The van der Waals surface area contributed by atoms with Gasteiger partial charge in [-0.2, -0.15) is 0 Å². The predicted octanol–water partition coefficient (Wildman–Crippen LogP) is 3.43. The van der Waals surface area contributed by atoms with Gasteiger partial charge in [-0.05, 0) is 24.3 Å². The number of benzene rings is 2. The lowest BCUT2D eigenvalue weighted by Gasteiger charge is -2.09. The molecule has 2 rings (SSSR count). The third kappa shape index (κ3) is 3.64. The molecular weight excluding hydrogens is 297 g/mol. The molecule has 0 spiro atoms. The number of rotatable bonds is 4. The molecule has 0 unspecified atom stereocenters. The highest BCUT2D eigenvalue weighted by Gasteiger charge is 2.13. The fourth-order valence-corrected chi connectivity index (χ4v) is 2.03. The van der Waals surface area contributed by atoms with E-state index < -0.39 is 11.8 Å². The van der Waals surface area contributed by atoms with E-state index in [1.807, 2.05) is 0 Å². The number of hydrogen-bond donors (Lipinski definition) is 1. The highest BCUT2D eigenvalue weighted by Crippen LogP contribution is 2.22. The summed E-state index contributed by atoms with van der Waals surface area (Å²) in [5.41, 5.74) is 6.38. The summed E-state index contributed by atoms with van der Waals surface area (Å²) in [6.07, 6.45) is 0. The molecule has 0 aliphatic carbocycles. The molecule has 21 heavy (non-hydrogen) atoms. The van der Waals surface area contributed by atoms with E-state index in [1.165, 1.54) is 37.4 Å². The van der Waals surface area contributed by atoms with Gasteiger partial charge >= 0.3 is 5.97 Å². The maximum atomic E-state index is 13.9. The number of halogens is 2. The van der Waals surface area contributed by atoms with Crippen molar-refractivity contribution in [2.24, 2.45) is 0 Å². The molecule has 2 aromatic carbocycles. The summed E-state index contributed by atoms with van der Waals surface area (Å²) in [7, 11) is 1.36. The zero-order valence-electron chi connectivity index (χ0n) is 11.2. The van der Waals surface area contributed by atoms with Crippen molar-refractivity contribution < 1.29 is 18.7 Å². The number of ether oxygens (including phenoxy) is 2. The molecule has 0 radical (unpaired) electrons. The minimum atomic E-state index is -0.633. The Morgan fingerprint density at radius 1 is 1.33 bits per heavy atom. The second-order valence-electron chi connectivity index (χ2n) is 4.28. The smallest absolute Gasteiger partial charge is 0.338 e. The molecule has 110 valence electrons. The van der Waals surface area contributed by atoms with Gasteiger partial charge in [0.1, 0.15) is 6.61 Å². The first-order valence-corrected chi connectivity index (χ1v) is 6.43. The van der Waals surface area contributed by atoms with E-state index in [4.69, 9.17) is 26.8 Å². The third-order valence-electron chi connectivity index (χ3n) is 2.78. The van der Waals surface area contributed by atoms with Crippen molar-refractivity contribution in [1.29, 1.82) is 0 Å². The van der Waals surface area contributed by atoms with Gasteiger partial charge in [-0.25, -0.2) is 9.18 Å². The van der Waals surface area contributed by atoms with Crippen LogP contribution in [0.3, 0.4) is 0 Å². The van der Waals surface area contributed by atoms with Gasteiger partial charge in [0.15, 0.2) is 11.6 Å². The molecule has 0 saturated carbocycles. The van der Waals surface area contributed by atoms with E-state index in [2.05, 4.69) is 0 Å². The van der Waals surface area contributed by atoms with Crippen LogP contribution in [0.1, 0.15) is 15.9 Å². The fraction of sp³-hybridized carbons (Fsp3) is 0.133. The number of hydrogen-bond acceptors (Lipinski definition) is 4. The van der Waals surface area contributed by atoms with Crippen LogP contribution in [-0.4, -0.2) is 13.1 Å². The van der Waals surface area contributed by atoms with Gasteiger partial charge in [0, 0.05) is 16.3 Å². The minimum Gasteiger partial charge on any atom is -0.494 e. The number of anilines is 1. The Kier molecular flexibility index (Phi) is 4.65. The van der Waals surface area contributed by atoms with Crippen molar-refractivity contribution in [2.45, 2.75) is 6.61 Å². The SMILES string of the molecule is COc1cccc(COC(=O)c2cc(N)cc(Cl)c2)c1F.